The summed E-state index contributed by atoms with van der Waals surface area (Å²) < 4.78 is 5.34. The summed E-state index contributed by atoms with van der Waals surface area (Å²) in [4.78, 5) is 0. The second kappa shape index (κ2) is 5.18. The molecule has 1 heterocycles. The maximum Gasteiger partial charge on any atom is 0.147 e. The van der Waals surface area contributed by atoms with Crippen molar-refractivity contribution >= 4 is 11.3 Å². The van der Waals surface area contributed by atoms with Gasteiger partial charge in [0, 0.05) is 12.2 Å². The fraction of sp³-hybridized carbons (Fsp3) is 0.333. The molecule has 0 radical (unpaired) electrons. The van der Waals surface area contributed by atoms with Crippen LogP contribution in [0.15, 0.2) is 24.3 Å². The second-order valence-corrected chi connectivity index (χ2v) is 4.64. The number of hydrogen-bond donors (Lipinski definition) is 0. The van der Waals surface area contributed by atoms with E-state index >= 15 is 0 Å². The van der Waals surface area contributed by atoms with E-state index in [4.69, 9.17) is 4.74 Å². The molecule has 4 heteroatoms. The van der Waals surface area contributed by atoms with Crippen LogP contribution in [0.2, 0.25) is 0 Å². The third-order valence-corrected chi connectivity index (χ3v) is 3.09. The summed E-state index contributed by atoms with van der Waals surface area (Å²) in [6, 6.07) is 8.27. The Morgan fingerprint density at radius 3 is 2.50 bits per heavy atom. The molecule has 0 fully saturated rings. The third kappa shape index (κ3) is 2.65. The van der Waals surface area contributed by atoms with Gasteiger partial charge in [0.1, 0.15) is 10.0 Å². The van der Waals surface area contributed by atoms with Crippen LogP contribution in [0.5, 0.6) is 0 Å². The largest absolute Gasteiger partial charge is 0.377 e. The predicted molar refractivity (Wildman–Crippen MR) is 65.4 cm³/mol. The van der Waals surface area contributed by atoms with Crippen LogP contribution in [0.3, 0.4) is 0 Å². The summed E-state index contributed by atoms with van der Waals surface area (Å²) in [5, 5.41) is 10.1. The number of ether oxygens (including phenoxy) is 1. The maximum atomic E-state index is 5.34. The molecule has 1 aromatic carbocycles. The molecule has 0 N–H and O–H groups in total. The lowest BCUT2D eigenvalue weighted by molar-refractivity contribution is 0.134. The van der Waals surface area contributed by atoms with Gasteiger partial charge in [-0.3, -0.25) is 0 Å². The van der Waals surface area contributed by atoms with Crippen LogP contribution < -0.4 is 0 Å². The average Bonchev–Trinajstić information content (AvgIpc) is 2.74. The van der Waals surface area contributed by atoms with Crippen molar-refractivity contribution in [3.63, 3.8) is 0 Å². The van der Waals surface area contributed by atoms with E-state index in [1.54, 1.807) is 11.3 Å². The minimum absolute atomic E-state index is 0.673. The van der Waals surface area contributed by atoms with Crippen molar-refractivity contribution in [3.05, 3.63) is 34.8 Å². The topological polar surface area (TPSA) is 35.0 Å². The van der Waals surface area contributed by atoms with Crippen molar-refractivity contribution in [1.29, 1.82) is 0 Å². The zero-order valence-corrected chi connectivity index (χ0v) is 10.3. The molecule has 2 aromatic rings. The Morgan fingerprint density at radius 1 is 1.19 bits per heavy atom. The van der Waals surface area contributed by atoms with Crippen LogP contribution in [-0.4, -0.2) is 16.8 Å². The van der Waals surface area contributed by atoms with Crippen LogP contribution >= 0.6 is 11.3 Å². The first-order valence-electron chi connectivity index (χ1n) is 5.26. The van der Waals surface area contributed by atoms with Gasteiger partial charge in [0.2, 0.25) is 0 Å². The number of rotatable bonds is 4. The number of hydrogen-bond acceptors (Lipinski definition) is 4. The van der Waals surface area contributed by atoms with Crippen LogP contribution in [0.4, 0.5) is 0 Å². The fourth-order valence-corrected chi connectivity index (χ4v) is 2.07. The summed E-state index contributed by atoms with van der Waals surface area (Å²) in [6.45, 7) is 5.38. The minimum atomic E-state index is 0.673. The van der Waals surface area contributed by atoms with Gasteiger partial charge in [-0.25, -0.2) is 0 Å². The highest BCUT2D eigenvalue weighted by molar-refractivity contribution is 7.14. The SMILES string of the molecule is CCOCc1ccc(-c2nnc(C)s2)cc1. The third-order valence-electron chi connectivity index (χ3n) is 2.20. The zero-order valence-electron chi connectivity index (χ0n) is 9.43. The molecular weight excluding hydrogens is 220 g/mol. The van der Waals surface area contributed by atoms with Gasteiger partial charge in [0.25, 0.3) is 0 Å². The van der Waals surface area contributed by atoms with E-state index in [1.807, 2.05) is 13.8 Å². The van der Waals surface area contributed by atoms with E-state index in [0.29, 0.717) is 6.61 Å². The number of benzene rings is 1. The Bertz CT molecular complexity index is 450. The van der Waals surface area contributed by atoms with Gasteiger partial charge in [0.05, 0.1) is 6.61 Å². The molecule has 0 aliphatic rings. The molecule has 0 saturated carbocycles. The molecule has 0 spiro atoms. The van der Waals surface area contributed by atoms with Gasteiger partial charge in [0.15, 0.2) is 0 Å². The van der Waals surface area contributed by atoms with Gasteiger partial charge in [-0.15, -0.1) is 10.2 Å². The van der Waals surface area contributed by atoms with Crippen molar-refractivity contribution in [2.24, 2.45) is 0 Å². The second-order valence-electron chi connectivity index (χ2n) is 3.46. The van der Waals surface area contributed by atoms with Crippen LogP contribution in [0.25, 0.3) is 10.6 Å². The molecule has 84 valence electrons. The Kier molecular flexibility index (Phi) is 3.64. The van der Waals surface area contributed by atoms with Crippen molar-refractivity contribution in [1.82, 2.24) is 10.2 Å². The van der Waals surface area contributed by atoms with Crippen LogP contribution in [0, 0.1) is 6.92 Å². The van der Waals surface area contributed by atoms with E-state index in [9.17, 15) is 0 Å². The molecule has 0 saturated heterocycles. The Balaban J connectivity index is 2.13. The van der Waals surface area contributed by atoms with E-state index in [-0.39, 0.29) is 0 Å². The first-order valence-corrected chi connectivity index (χ1v) is 6.08. The molecule has 3 nitrogen and oxygen atoms in total. The van der Waals surface area contributed by atoms with Crippen molar-refractivity contribution in [2.45, 2.75) is 20.5 Å². The van der Waals surface area contributed by atoms with Crippen LogP contribution in [-0.2, 0) is 11.3 Å². The Labute approximate surface area is 99.1 Å². The molecule has 0 amide bonds. The van der Waals surface area contributed by atoms with Crippen LogP contribution in [0.1, 0.15) is 17.5 Å². The first-order chi connectivity index (χ1) is 7.79. The van der Waals surface area contributed by atoms with Gasteiger partial charge in [-0.2, -0.15) is 0 Å². The summed E-state index contributed by atoms with van der Waals surface area (Å²) in [5.41, 5.74) is 2.30. The minimum Gasteiger partial charge on any atom is -0.377 e. The van der Waals surface area contributed by atoms with Crippen molar-refractivity contribution in [3.8, 4) is 10.6 Å². The lowest BCUT2D eigenvalue weighted by Gasteiger charge is -2.02. The fourth-order valence-electron chi connectivity index (χ4n) is 1.38. The number of nitrogens with zero attached hydrogens (tertiary/aromatic N) is 2. The normalized spacial score (nSPS) is 10.6. The molecule has 2 rings (SSSR count). The zero-order chi connectivity index (χ0) is 11.4. The first kappa shape index (κ1) is 11.2. The summed E-state index contributed by atoms with van der Waals surface area (Å²) >= 11 is 1.61. The van der Waals surface area contributed by atoms with Gasteiger partial charge >= 0.3 is 0 Å². The highest BCUT2D eigenvalue weighted by atomic mass is 32.1. The lowest BCUT2D eigenvalue weighted by Crippen LogP contribution is -1.91. The van der Waals surface area contributed by atoms with Crippen molar-refractivity contribution in [2.75, 3.05) is 6.61 Å². The van der Waals surface area contributed by atoms with E-state index < -0.39 is 0 Å². The lowest BCUT2D eigenvalue weighted by atomic mass is 10.1. The highest BCUT2D eigenvalue weighted by Gasteiger charge is 2.03. The number of aromatic nitrogens is 2. The quantitative estimate of drug-likeness (QED) is 0.815. The molecule has 0 unspecified atom stereocenters. The maximum absolute atomic E-state index is 5.34. The molecule has 1 aromatic heterocycles. The Hall–Kier alpha value is -1.26. The van der Waals surface area contributed by atoms with E-state index in [2.05, 4.69) is 34.5 Å². The van der Waals surface area contributed by atoms with Gasteiger partial charge in [-0.05, 0) is 19.4 Å². The summed E-state index contributed by atoms with van der Waals surface area (Å²) in [7, 11) is 0. The molecular formula is C12H14N2OS. The van der Waals surface area contributed by atoms with Crippen molar-refractivity contribution < 1.29 is 4.74 Å². The monoisotopic (exact) mass is 234 g/mol. The molecule has 16 heavy (non-hydrogen) atoms. The summed E-state index contributed by atoms with van der Waals surface area (Å²) in [6.07, 6.45) is 0. The summed E-state index contributed by atoms with van der Waals surface area (Å²) in [5.74, 6) is 0. The Morgan fingerprint density at radius 2 is 1.94 bits per heavy atom. The van der Waals surface area contributed by atoms with Gasteiger partial charge < -0.3 is 4.74 Å². The van der Waals surface area contributed by atoms with Gasteiger partial charge in [-0.1, -0.05) is 35.6 Å². The predicted octanol–water partition coefficient (Wildman–Crippen LogP) is 3.05. The number of aryl methyl sites for hydroxylation is 1. The molecule has 0 aliphatic carbocycles. The smallest absolute Gasteiger partial charge is 0.147 e. The standard InChI is InChI=1S/C12H14N2OS/c1-3-15-8-10-4-6-11(7-5-10)12-14-13-9(2)16-12/h4-7H,3,8H2,1-2H3. The van der Waals surface area contributed by atoms with E-state index in [1.165, 1.54) is 5.56 Å². The molecule has 0 bridgehead atoms. The molecule has 0 atom stereocenters. The molecule has 0 aliphatic heterocycles. The highest BCUT2D eigenvalue weighted by Crippen LogP contribution is 2.23. The van der Waals surface area contributed by atoms with E-state index in [0.717, 1.165) is 22.2 Å². The average molecular weight is 234 g/mol.